The zero-order chi connectivity index (χ0) is 92.7. The van der Waals surface area contributed by atoms with Crippen LogP contribution in [0.2, 0.25) is 0 Å². The molecule has 0 saturated heterocycles. The predicted octanol–water partition coefficient (Wildman–Crippen LogP) is 22.5. The molecule has 0 spiro atoms. The largest absolute Gasteiger partial charge is 0.573 e. The maximum absolute atomic E-state index is 13.9. The minimum Gasteiger partial charge on any atom is -0.406 e. The number of ether oxygens (including phenoxy) is 6. The summed E-state index contributed by atoms with van der Waals surface area (Å²) in [4.78, 5) is 45.0. The van der Waals surface area contributed by atoms with Crippen LogP contribution in [0.5, 0.6) is 34.5 Å². The molecule has 1 aliphatic carbocycles. The molecular formula is C89H72F18N12O10. The van der Waals surface area contributed by atoms with Crippen molar-refractivity contribution in [2.75, 3.05) is 16.0 Å². The number of carbonyl (C=O) groups is 3. The number of alkyl halides is 18. The van der Waals surface area contributed by atoms with Crippen LogP contribution in [-0.2, 0) is 35.9 Å². The monoisotopic (exact) mass is 1810 g/mol. The van der Waals surface area contributed by atoms with Crippen molar-refractivity contribution in [2.45, 2.75) is 114 Å². The molecule has 22 nitrogen and oxygen atoms in total. The van der Waals surface area contributed by atoms with Crippen molar-refractivity contribution in [1.29, 1.82) is 0 Å². The van der Waals surface area contributed by atoms with Crippen molar-refractivity contribution in [3.05, 3.63) is 346 Å². The number of amides is 6. The van der Waals surface area contributed by atoms with Gasteiger partial charge in [-0.2, -0.15) is 10.1 Å². The summed E-state index contributed by atoms with van der Waals surface area (Å²) >= 11 is 0. The van der Waals surface area contributed by atoms with E-state index >= 15 is 0 Å². The summed E-state index contributed by atoms with van der Waals surface area (Å²) in [5, 5.41) is 31.2. The standard InChI is InChI=1S/C33H26F6N4O3.C28H23F6N5O3.C28H23F6N3O4/c1-22-18-29(43(42-22)26-14-6-3-7-15-26)40-30(44)41-31(21-23-10-4-2-5-11-23,24-12-8-16-27(19-24)45-32(34,35)36)25-13-9-17-28(20-25)46-33(37,38)39;29-27(30,31)41-21-10-4-8-19(14-21)26(16-17-6-2-1-3-7-17,20-9-5-11-22(15-20)42-28(32,33)34)37-25(40)36-24-35-23(38-39-24)18-12-13-18;1-17-18(2)41-37-24(17)35-25(38)36-26(16-19-8-4-3-5-9-19,20-10-6-12-22(14-20)39-27(29,30)31)21-11-7-13-23(15-21)40-28(32,33)34/h2-20H,21H2,1H3,(H2,40,41,44);1-11,14-15,18H,12-13,16H2,(H3,35,36,37,38,39,40);3-15H,16H2,1-2H3,(H2,35,36,37,38). The van der Waals surface area contributed by atoms with E-state index in [1.54, 1.807) is 142 Å². The van der Waals surface area contributed by atoms with Crippen LogP contribution >= 0.6 is 0 Å². The highest BCUT2D eigenvalue weighted by molar-refractivity contribution is 5.91. The van der Waals surface area contributed by atoms with Crippen molar-refractivity contribution in [3.8, 4) is 40.2 Å². The van der Waals surface area contributed by atoms with Crippen LogP contribution in [0.3, 0.4) is 0 Å². The van der Waals surface area contributed by atoms with Gasteiger partial charge in [-0.05, 0) is 169 Å². The minimum absolute atomic E-state index is 0.0497. The van der Waals surface area contributed by atoms with Crippen LogP contribution in [0.4, 0.5) is 111 Å². The third-order valence-electron chi connectivity index (χ3n) is 19.4. The zero-order valence-corrected chi connectivity index (χ0v) is 67.2. The summed E-state index contributed by atoms with van der Waals surface area (Å²) in [7, 11) is 0. The maximum Gasteiger partial charge on any atom is 0.573 e. The first-order valence-corrected chi connectivity index (χ1v) is 38.5. The fourth-order valence-electron chi connectivity index (χ4n) is 13.9. The second-order valence-electron chi connectivity index (χ2n) is 28.8. The van der Waals surface area contributed by atoms with E-state index in [2.05, 4.69) is 85.8 Å². The van der Waals surface area contributed by atoms with Gasteiger partial charge in [-0.15, -0.1) is 84.1 Å². The molecule has 3 heterocycles. The van der Waals surface area contributed by atoms with Crippen molar-refractivity contribution in [3.63, 3.8) is 0 Å². The van der Waals surface area contributed by atoms with Crippen LogP contribution in [0.1, 0.15) is 91.7 Å². The van der Waals surface area contributed by atoms with Crippen molar-refractivity contribution >= 4 is 35.7 Å². The van der Waals surface area contributed by atoms with E-state index in [0.717, 1.165) is 85.6 Å². The van der Waals surface area contributed by atoms with Gasteiger partial charge in [0, 0.05) is 36.8 Å². The molecule has 0 atom stereocenters. The Morgan fingerprint density at radius 2 is 0.674 bits per heavy atom. The number of hydrogen-bond donors (Lipinski definition) is 7. The van der Waals surface area contributed by atoms with E-state index in [1.165, 1.54) is 77.5 Å². The summed E-state index contributed by atoms with van der Waals surface area (Å²) in [6.07, 6.45) is -28.6. The summed E-state index contributed by atoms with van der Waals surface area (Å²) in [6, 6.07) is 62.8. The molecule has 0 aliphatic heterocycles. The predicted molar refractivity (Wildman–Crippen MR) is 431 cm³/mol. The number of H-pyrrole nitrogens is 1. The van der Waals surface area contributed by atoms with E-state index < -0.39 is 107 Å². The lowest BCUT2D eigenvalue weighted by Crippen LogP contribution is -2.50. The number of aromatic nitrogens is 6. The van der Waals surface area contributed by atoms with E-state index in [4.69, 9.17) is 4.52 Å². The Bertz CT molecular complexity index is 5790. The third-order valence-corrected chi connectivity index (χ3v) is 19.4. The zero-order valence-electron chi connectivity index (χ0n) is 67.2. The fraction of sp³-hybridized carbons (Fsp3) is 0.202. The number of aryl methyl sites for hydroxylation is 2. The number of aromatic amines is 1. The van der Waals surface area contributed by atoms with Crippen molar-refractivity contribution in [1.82, 2.24) is 46.1 Å². The highest BCUT2D eigenvalue weighted by Crippen LogP contribution is 2.45. The average molecular weight is 1810 g/mol. The first-order chi connectivity index (χ1) is 60.9. The van der Waals surface area contributed by atoms with Gasteiger partial charge in [0.1, 0.15) is 51.9 Å². The van der Waals surface area contributed by atoms with Crippen LogP contribution in [0.25, 0.3) is 5.69 Å². The van der Waals surface area contributed by atoms with E-state index in [1.807, 2.05) is 6.07 Å². The van der Waals surface area contributed by atoms with Crippen LogP contribution in [-0.4, -0.2) is 86.4 Å². The molecule has 0 radical (unpaired) electrons. The number of rotatable bonds is 26. The second-order valence-corrected chi connectivity index (χ2v) is 28.8. The van der Waals surface area contributed by atoms with Gasteiger partial charge in [-0.1, -0.05) is 187 Å². The van der Waals surface area contributed by atoms with E-state index in [0.29, 0.717) is 45.2 Å². The number of nitrogens with zero attached hydrogens (tertiary/aromatic N) is 5. The number of hydrogen-bond acceptors (Lipinski definition) is 14. The molecule has 10 aromatic carbocycles. The molecule has 1 saturated carbocycles. The highest BCUT2D eigenvalue weighted by Gasteiger charge is 2.45. The first kappa shape index (κ1) is 93.3. The van der Waals surface area contributed by atoms with Gasteiger partial charge in [0.15, 0.2) is 5.82 Å². The number of anilines is 3. The Kier molecular flexibility index (Phi) is 28.1. The smallest absolute Gasteiger partial charge is 0.406 e. The number of halogens is 18. The van der Waals surface area contributed by atoms with E-state index in [9.17, 15) is 93.4 Å². The molecule has 6 amide bonds. The SMILES string of the molecule is Cc1cc(NC(=O)NC(Cc2ccccc2)(c2cccc(OC(F)(F)F)c2)c2cccc(OC(F)(F)F)c2)n(-c2ccccc2)n1.Cc1onc(NC(=O)NC(Cc2ccccc2)(c2cccc(OC(F)(F)F)c2)c2cccc(OC(F)(F)F)c2)c1C.O=C(Nc1n[nH]c(C2CC2)n1)NC(Cc1ccccc1)(c1cccc(OC(F)(F)F)c1)c1cccc(OC(F)(F)F)c1. The Balaban J connectivity index is 0.000000176. The third kappa shape index (κ3) is 26.4. The number of benzene rings is 10. The van der Waals surface area contributed by atoms with Gasteiger partial charge in [0.2, 0.25) is 5.95 Å². The first-order valence-electron chi connectivity index (χ1n) is 38.5. The lowest BCUT2D eigenvalue weighted by atomic mass is 9.77. The Labute approximate surface area is 720 Å². The Morgan fingerprint density at radius 3 is 0.961 bits per heavy atom. The quantitative estimate of drug-likeness (QED) is 0.0249. The number of carbonyl (C=O) groups excluding carboxylic acids is 3. The Morgan fingerprint density at radius 1 is 0.380 bits per heavy atom. The maximum atomic E-state index is 13.9. The molecule has 129 heavy (non-hydrogen) atoms. The van der Waals surface area contributed by atoms with Gasteiger partial charge in [0.05, 0.1) is 28.0 Å². The van der Waals surface area contributed by atoms with Crippen molar-refractivity contribution in [2.24, 2.45) is 0 Å². The summed E-state index contributed by atoms with van der Waals surface area (Å²) < 4.78 is 268. The van der Waals surface area contributed by atoms with Crippen LogP contribution in [0.15, 0.2) is 278 Å². The molecular weight excluding hydrogens is 1740 g/mol. The number of urea groups is 3. The average Bonchev–Trinajstić information content (AvgIpc) is 0.943. The topological polar surface area (TPSA) is 264 Å². The summed E-state index contributed by atoms with van der Waals surface area (Å²) in [5.74, 6) is -2.03. The lowest BCUT2D eigenvalue weighted by Gasteiger charge is -2.37. The molecule has 14 rings (SSSR count). The fourth-order valence-corrected chi connectivity index (χ4v) is 13.9. The molecule has 1 fully saturated rings. The number of para-hydroxylation sites is 1. The van der Waals surface area contributed by atoms with Gasteiger partial charge < -0.3 is 48.9 Å². The van der Waals surface area contributed by atoms with E-state index in [-0.39, 0.29) is 76.1 Å². The van der Waals surface area contributed by atoms with Crippen LogP contribution < -0.4 is 60.3 Å². The molecule has 1 aliphatic rings. The van der Waals surface area contributed by atoms with Gasteiger partial charge in [-0.25, -0.2) is 19.1 Å². The molecule has 0 bridgehead atoms. The molecule has 13 aromatic rings. The van der Waals surface area contributed by atoms with Gasteiger partial charge in [-0.3, -0.25) is 21.0 Å². The van der Waals surface area contributed by atoms with Gasteiger partial charge >= 0.3 is 56.3 Å². The Hall–Kier alpha value is -14.9. The highest BCUT2D eigenvalue weighted by atomic mass is 19.4. The van der Waals surface area contributed by atoms with Crippen LogP contribution in [0, 0.1) is 20.8 Å². The molecule has 0 unspecified atom stereocenters. The minimum atomic E-state index is -5.03. The second kappa shape index (κ2) is 38.9. The number of nitrogens with one attached hydrogen (secondary N) is 7. The van der Waals surface area contributed by atoms with Crippen molar-refractivity contribution < 1.29 is 126 Å². The normalized spacial score (nSPS) is 12.6. The molecule has 3 aromatic heterocycles. The summed E-state index contributed by atoms with van der Waals surface area (Å²) in [6.45, 7) is 5.00. The molecule has 40 heteroatoms. The molecule has 674 valence electrons. The lowest BCUT2D eigenvalue weighted by molar-refractivity contribution is -0.275. The summed E-state index contributed by atoms with van der Waals surface area (Å²) in [5.41, 5.74) is -1.18. The van der Waals surface area contributed by atoms with Gasteiger partial charge in [0.25, 0.3) is 0 Å². The molecule has 7 N–H and O–H groups in total.